The number of ether oxygens (including phenoxy) is 2. The van der Waals surface area contributed by atoms with Crippen LogP contribution in [-0.2, 0) is 4.79 Å². The summed E-state index contributed by atoms with van der Waals surface area (Å²) in [4.78, 5) is 14.7. The van der Waals surface area contributed by atoms with Crippen LogP contribution < -0.4 is 14.8 Å². The first kappa shape index (κ1) is 18.1. The Labute approximate surface area is 150 Å². The van der Waals surface area contributed by atoms with Crippen LogP contribution in [0.4, 0.5) is 0 Å². The van der Waals surface area contributed by atoms with Gasteiger partial charge in [0.15, 0.2) is 11.5 Å². The number of hydrogen-bond acceptors (Lipinski definition) is 4. The number of carbonyl (C=O) groups is 1. The van der Waals surface area contributed by atoms with E-state index in [1.165, 1.54) is 5.56 Å². The zero-order valence-electron chi connectivity index (χ0n) is 15.6. The minimum absolute atomic E-state index is 0.105. The number of rotatable bonds is 5. The van der Waals surface area contributed by atoms with Gasteiger partial charge in [0.25, 0.3) is 0 Å². The molecule has 0 spiro atoms. The van der Waals surface area contributed by atoms with E-state index < -0.39 is 0 Å². The highest BCUT2D eigenvalue weighted by molar-refractivity contribution is 5.78. The predicted molar refractivity (Wildman–Crippen MR) is 98.1 cm³/mol. The maximum Gasteiger partial charge on any atom is 0.234 e. The molecular formula is C20H30N2O3. The molecule has 1 aromatic carbocycles. The predicted octanol–water partition coefficient (Wildman–Crippen LogP) is 3.29. The molecule has 3 rings (SSSR count). The summed E-state index contributed by atoms with van der Waals surface area (Å²) in [6, 6.07) is 6.49. The first-order valence-electron chi connectivity index (χ1n) is 9.43. The van der Waals surface area contributed by atoms with Crippen LogP contribution in [0, 0.1) is 0 Å². The Kier molecular flexibility index (Phi) is 5.52. The summed E-state index contributed by atoms with van der Waals surface area (Å²) < 4.78 is 11.5. The molecule has 2 aliphatic heterocycles. The molecule has 25 heavy (non-hydrogen) atoms. The fourth-order valence-electron chi connectivity index (χ4n) is 3.47. The van der Waals surface area contributed by atoms with Gasteiger partial charge in [-0.3, -0.25) is 9.69 Å². The standard InChI is InChI=1S/C20H30N2O3/c1-4-20(2,3)21-19(23)14-22-10-5-7-16(22)15-8-9-17-18(13-15)25-12-6-11-24-17/h8-9,13,16H,4-7,10-12,14H2,1-3H3,(H,21,23)/t16-/m0/s1. The van der Waals surface area contributed by atoms with Crippen LogP contribution in [-0.4, -0.2) is 42.6 Å². The number of carbonyl (C=O) groups excluding carboxylic acids is 1. The number of nitrogens with zero attached hydrogens (tertiary/aromatic N) is 1. The van der Waals surface area contributed by atoms with Crippen LogP contribution in [0.25, 0.3) is 0 Å². The summed E-state index contributed by atoms with van der Waals surface area (Å²) in [6.45, 7) is 9.03. The smallest absolute Gasteiger partial charge is 0.234 e. The van der Waals surface area contributed by atoms with Crippen LogP contribution >= 0.6 is 0 Å². The molecule has 0 saturated carbocycles. The molecule has 0 aliphatic carbocycles. The number of benzene rings is 1. The van der Waals surface area contributed by atoms with E-state index in [1.54, 1.807) is 0 Å². The Bertz CT molecular complexity index is 615. The molecule has 1 saturated heterocycles. The van der Waals surface area contributed by atoms with Gasteiger partial charge in [-0.15, -0.1) is 0 Å². The van der Waals surface area contributed by atoms with Crippen molar-refractivity contribution in [2.45, 2.75) is 58.0 Å². The third-order valence-electron chi connectivity index (χ3n) is 5.23. The van der Waals surface area contributed by atoms with Crippen molar-refractivity contribution in [3.63, 3.8) is 0 Å². The zero-order chi connectivity index (χ0) is 17.9. The van der Waals surface area contributed by atoms with Gasteiger partial charge in [-0.25, -0.2) is 0 Å². The summed E-state index contributed by atoms with van der Waals surface area (Å²) in [6.07, 6.45) is 4.02. The molecule has 5 nitrogen and oxygen atoms in total. The molecule has 0 bridgehead atoms. The Balaban J connectivity index is 1.69. The maximum absolute atomic E-state index is 12.4. The summed E-state index contributed by atoms with van der Waals surface area (Å²) in [5.74, 6) is 1.76. The Morgan fingerprint density at radius 2 is 2.00 bits per heavy atom. The second kappa shape index (κ2) is 7.65. The number of fused-ring (bicyclic) bond motifs is 1. The molecule has 0 radical (unpaired) electrons. The van der Waals surface area contributed by atoms with Crippen molar-refractivity contribution in [3.05, 3.63) is 23.8 Å². The van der Waals surface area contributed by atoms with E-state index in [9.17, 15) is 4.79 Å². The van der Waals surface area contributed by atoms with Crippen LogP contribution in [0.15, 0.2) is 18.2 Å². The topological polar surface area (TPSA) is 50.8 Å². The lowest BCUT2D eigenvalue weighted by molar-refractivity contribution is -0.124. The lowest BCUT2D eigenvalue weighted by atomic mass is 10.0. The van der Waals surface area contributed by atoms with Gasteiger partial charge in [0, 0.05) is 18.0 Å². The average Bonchev–Trinajstić information content (AvgIpc) is 2.89. The van der Waals surface area contributed by atoms with E-state index in [0.717, 1.165) is 43.7 Å². The number of nitrogens with one attached hydrogen (secondary N) is 1. The zero-order valence-corrected chi connectivity index (χ0v) is 15.6. The normalized spacial score (nSPS) is 21.0. The first-order valence-corrected chi connectivity index (χ1v) is 9.43. The molecule has 1 fully saturated rings. The first-order chi connectivity index (χ1) is 12.0. The van der Waals surface area contributed by atoms with Gasteiger partial charge in [-0.1, -0.05) is 13.0 Å². The highest BCUT2D eigenvalue weighted by Crippen LogP contribution is 2.37. The van der Waals surface area contributed by atoms with Gasteiger partial charge in [-0.05, 0) is 57.4 Å². The van der Waals surface area contributed by atoms with Crippen molar-refractivity contribution in [1.82, 2.24) is 10.2 Å². The lowest BCUT2D eigenvalue weighted by Crippen LogP contribution is -2.47. The summed E-state index contributed by atoms with van der Waals surface area (Å²) >= 11 is 0. The van der Waals surface area contributed by atoms with E-state index in [-0.39, 0.29) is 17.5 Å². The SMILES string of the molecule is CCC(C)(C)NC(=O)CN1CCC[C@H]1c1ccc2c(c1)OCCCO2. The summed E-state index contributed by atoms with van der Waals surface area (Å²) in [7, 11) is 0. The molecular weight excluding hydrogens is 316 g/mol. The third-order valence-corrected chi connectivity index (χ3v) is 5.23. The van der Waals surface area contributed by atoms with Gasteiger partial charge in [0.1, 0.15) is 0 Å². The van der Waals surface area contributed by atoms with Gasteiger partial charge in [0.05, 0.1) is 19.8 Å². The number of hydrogen-bond donors (Lipinski definition) is 1. The highest BCUT2D eigenvalue weighted by atomic mass is 16.5. The van der Waals surface area contributed by atoms with Gasteiger partial charge in [-0.2, -0.15) is 0 Å². The molecule has 1 N–H and O–H groups in total. The molecule has 138 valence electrons. The van der Waals surface area contributed by atoms with Crippen molar-refractivity contribution < 1.29 is 14.3 Å². The quantitative estimate of drug-likeness (QED) is 0.889. The van der Waals surface area contributed by atoms with E-state index in [1.807, 2.05) is 6.07 Å². The van der Waals surface area contributed by atoms with Crippen molar-refractivity contribution in [2.24, 2.45) is 0 Å². The molecule has 5 heteroatoms. The average molecular weight is 346 g/mol. The lowest BCUT2D eigenvalue weighted by Gasteiger charge is -2.29. The Hall–Kier alpha value is -1.75. The Morgan fingerprint density at radius 1 is 1.24 bits per heavy atom. The third kappa shape index (κ3) is 4.46. The molecule has 1 aromatic rings. The van der Waals surface area contributed by atoms with Crippen molar-refractivity contribution in [3.8, 4) is 11.5 Å². The van der Waals surface area contributed by atoms with Crippen LogP contribution in [0.3, 0.4) is 0 Å². The van der Waals surface area contributed by atoms with Crippen molar-refractivity contribution in [2.75, 3.05) is 26.3 Å². The minimum atomic E-state index is -0.151. The van der Waals surface area contributed by atoms with Crippen LogP contribution in [0.1, 0.15) is 58.1 Å². The molecule has 2 aliphatic rings. The summed E-state index contributed by atoms with van der Waals surface area (Å²) in [5.41, 5.74) is 1.06. The molecule has 0 aromatic heterocycles. The van der Waals surface area contributed by atoms with E-state index in [4.69, 9.17) is 9.47 Å². The van der Waals surface area contributed by atoms with Crippen molar-refractivity contribution >= 4 is 5.91 Å². The minimum Gasteiger partial charge on any atom is -0.490 e. The van der Waals surface area contributed by atoms with Gasteiger partial charge >= 0.3 is 0 Å². The second-order valence-corrected chi connectivity index (χ2v) is 7.67. The number of likely N-dealkylation sites (tertiary alicyclic amines) is 1. The number of amides is 1. The fraction of sp³-hybridized carbons (Fsp3) is 0.650. The molecule has 1 amide bonds. The van der Waals surface area contributed by atoms with Crippen LogP contribution in [0.5, 0.6) is 11.5 Å². The maximum atomic E-state index is 12.4. The Morgan fingerprint density at radius 3 is 2.76 bits per heavy atom. The summed E-state index contributed by atoms with van der Waals surface area (Å²) in [5, 5.41) is 3.14. The molecule has 1 atom stereocenters. The monoisotopic (exact) mass is 346 g/mol. The van der Waals surface area contributed by atoms with Gasteiger partial charge < -0.3 is 14.8 Å². The molecule has 2 heterocycles. The second-order valence-electron chi connectivity index (χ2n) is 7.67. The van der Waals surface area contributed by atoms with E-state index >= 15 is 0 Å². The van der Waals surface area contributed by atoms with E-state index in [2.05, 4.69) is 43.1 Å². The van der Waals surface area contributed by atoms with E-state index in [0.29, 0.717) is 19.8 Å². The van der Waals surface area contributed by atoms with Crippen molar-refractivity contribution in [1.29, 1.82) is 0 Å². The largest absolute Gasteiger partial charge is 0.490 e. The highest BCUT2D eigenvalue weighted by Gasteiger charge is 2.29. The van der Waals surface area contributed by atoms with Gasteiger partial charge in [0.2, 0.25) is 5.91 Å². The molecule has 0 unspecified atom stereocenters. The van der Waals surface area contributed by atoms with Crippen LogP contribution in [0.2, 0.25) is 0 Å². The fourth-order valence-corrected chi connectivity index (χ4v) is 3.47.